The molecule has 0 aromatic heterocycles. The molecule has 0 radical (unpaired) electrons. The second kappa shape index (κ2) is 8.58. The summed E-state index contributed by atoms with van der Waals surface area (Å²) in [6, 6.07) is -0.895. The van der Waals surface area contributed by atoms with Gasteiger partial charge < -0.3 is 16.0 Å². The zero-order valence-electron chi connectivity index (χ0n) is 12.9. The standard InChI is InChI=1S/C13H25N5O3/c1-9(2)6-16-13(21)17-11(19)8-18-5-4-15-7-10(18)12(20)14-3/h9-10,15H,4-8H2,1-3H3,(H,14,20)(H2,16,17,19,21). The minimum Gasteiger partial charge on any atom is -0.358 e. The number of carbonyl (C=O) groups excluding carboxylic acids is 3. The number of piperazine rings is 1. The minimum absolute atomic E-state index is 0.0227. The summed E-state index contributed by atoms with van der Waals surface area (Å²) in [5.74, 6) is -0.233. The van der Waals surface area contributed by atoms with Gasteiger partial charge in [0, 0.05) is 33.2 Å². The molecule has 4 N–H and O–H groups in total. The lowest BCUT2D eigenvalue weighted by Crippen LogP contribution is -2.59. The van der Waals surface area contributed by atoms with Crippen LogP contribution in [0.25, 0.3) is 0 Å². The Morgan fingerprint density at radius 3 is 2.67 bits per heavy atom. The number of imide groups is 1. The molecular weight excluding hydrogens is 274 g/mol. The highest BCUT2D eigenvalue weighted by Gasteiger charge is 2.29. The number of hydrogen-bond acceptors (Lipinski definition) is 5. The van der Waals surface area contributed by atoms with Gasteiger partial charge in [0.1, 0.15) is 6.04 Å². The van der Waals surface area contributed by atoms with Crippen molar-refractivity contribution in [2.75, 3.05) is 39.8 Å². The second-order valence-corrected chi connectivity index (χ2v) is 5.46. The number of rotatable bonds is 5. The average molecular weight is 299 g/mol. The van der Waals surface area contributed by atoms with Crippen LogP contribution in [0.3, 0.4) is 0 Å². The molecule has 1 aliphatic heterocycles. The third-order valence-corrected chi connectivity index (χ3v) is 3.17. The van der Waals surface area contributed by atoms with Gasteiger partial charge in [0.15, 0.2) is 0 Å². The number of hydrogen-bond donors (Lipinski definition) is 4. The van der Waals surface area contributed by atoms with Gasteiger partial charge in [0.2, 0.25) is 11.8 Å². The highest BCUT2D eigenvalue weighted by Crippen LogP contribution is 2.02. The summed E-state index contributed by atoms with van der Waals surface area (Å²) in [5.41, 5.74) is 0. The van der Waals surface area contributed by atoms with Crippen LogP contribution in [0.15, 0.2) is 0 Å². The summed E-state index contributed by atoms with van der Waals surface area (Å²) in [7, 11) is 1.56. The first kappa shape index (κ1) is 17.4. The second-order valence-electron chi connectivity index (χ2n) is 5.46. The molecule has 0 aromatic rings. The van der Waals surface area contributed by atoms with Crippen LogP contribution in [0.5, 0.6) is 0 Å². The maximum Gasteiger partial charge on any atom is 0.321 e. The van der Waals surface area contributed by atoms with E-state index < -0.39 is 18.0 Å². The lowest BCUT2D eigenvalue weighted by atomic mass is 10.1. The van der Waals surface area contributed by atoms with E-state index in [0.29, 0.717) is 32.1 Å². The Labute approximate surface area is 125 Å². The van der Waals surface area contributed by atoms with E-state index in [2.05, 4.69) is 21.3 Å². The van der Waals surface area contributed by atoms with Crippen molar-refractivity contribution in [1.82, 2.24) is 26.2 Å². The molecule has 0 aliphatic carbocycles. The van der Waals surface area contributed by atoms with Crippen LogP contribution < -0.4 is 21.3 Å². The number of urea groups is 1. The molecule has 1 saturated heterocycles. The fourth-order valence-corrected chi connectivity index (χ4v) is 2.05. The van der Waals surface area contributed by atoms with Gasteiger partial charge in [-0.2, -0.15) is 0 Å². The maximum atomic E-state index is 11.9. The maximum absolute atomic E-state index is 11.9. The SMILES string of the molecule is CNC(=O)C1CNCCN1CC(=O)NC(=O)NCC(C)C. The van der Waals surface area contributed by atoms with Crippen LogP contribution in [-0.4, -0.2) is 68.6 Å². The Morgan fingerprint density at radius 1 is 1.33 bits per heavy atom. The van der Waals surface area contributed by atoms with Crippen molar-refractivity contribution in [3.05, 3.63) is 0 Å². The molecule has 1 unspecified atom stereocenters. The molecule has 0 bridgehead atoms. The van der Waals surface area contributed by atoms with Gasteiger partial charge in [-0.25, -0.2) is 4.79 Å². The van der Waals surface area contributed by atoms with Crippen molar-refractivity contribution in [2.24, 2.45) is 5.92 Å². The predicted octanol–water partition coefficient (Wildman–Crippen LogP) is -1.51. The summed E-state index contributed by atoms with van der Waals surface area (Å²) in [6.07, 6.45) is 0. The molecule has 1 aliphatic rings. The van der Waals surface area contributed by atoms with E-state index in [9.17, 15) is 14.4 Å². The molecule has 1 atom stereocenters. The lowest BCUT2D eigenvalue weighted by Gasteiger charge is -2.34. The molecule has 0 saturated carbocycles. The van der Waals surface area contributed by atoms with Gasteiger partial charge in [-0.15, -0.1) is 0 Å². The summed E-state index contributed by atoms with van der Waals surface area (Å²) in [6.45, 7) is 6.25. The molecule has 8 nitrogen and oxygen atoms in total. The molecule has 0 spiro atoms. The van der Waals surface area contributed by atoms with Gasteiger partial charge in [-0.05, 0) is 5.92 Å². The van der Waals surface area contributed by atoms with E-state index in [1.807, 2.05) is 13.8 Å². The quantitative estimate of drug-likeness (QED) is 0.494. The van der Waals surface area contributed by atoms with E-state index in [1.54, 1.807) is 11.9 Å². The third kappa shape index (κ3) is 6.09. The van der Waals surface area contributed by atoms with Crippen molar-refractivity contribution < 1.29 is 14.4 Å². The first-order valence-electron chi connectivity index (χ1n) is 7.18. The molecule has 0 aromatic carbocycles. The van der Waals surface area contributed by atoms with Crippen LogP contribution in [0.1, 0.15) is 13.8 Å². The number of likely N-dealkylation sites (N-methyl/N-ethyl adjacent to an activating group) is 1. The van der Waals surface area contributed by atoms with E-state index in [0.717, 1.165) is 0 Å². The third-order valence-electron chi connectivity index (χ3n) is 3.17. The van der Waals surface area contributed by atoms with Crippen LogP contribution >= 0.6 is 0 Å². The van der Waals surface area contributed by atoms with Crippen LogP contribution in [-0.2, 0) is 9.59 Å². The van der Waals surface area contributed by atoms with E-state index in [4.69, 9.17) is 0 Å². The van der Waals surface area contributed by atoms with Crippen LogP contribution in [0, 0.1) is 5.92 Å². The van der Waals surface area contributed by atoms with E-state index in [1.165, 1.54) is 0 Å². The van der Waals surface area contributed by atoms with Gasteiger partial charge in [0.05, 0.1) is 6.54 Å². The van der Waals surface area contributed by atoms with Crippen molar-refractivity contribution in [2.45, 2.75) is 19.9 Å². The lowest BCUT2D eigenvalue weighted by molar-refractivity contribution is -0.128. The van der Waals surface area contributed by atoms with Gasteiger partial charge in [-0.1, -0.05) is 13.8 Å². The summed E-state index contributed by atoms with van der Waals surface area (Å²) in [5, 5.41) is 10.6. The number of nitrogens with zero attached hydrogens (tertiary/aromatic N) is 1. The van der Waals surface area contributed by atoms with Crippen LogP contribution in [0.4, 0.5) is 4.79 Å². The molecule has 1 fully saturated rings. The highest BCUT2D eigenvalue weighted by atomic mass is 16.2. The number of amides is 4. The fourth-order valence-electron chi connectivity index (χ4n) is 2.05. The van der Waals surface area contributed by atoms with Gasteiger partial charge in [-0.3, -0.25) is 19.8 Å². The molecule has 120 valence electrons. The van der Waals surface area contributed by atoms with Crippen LogP contribution in [0.2, 0.25) is 0 Å². The Balaban J connectivity index is 2.44. The molecule has 1 heterocycles. The first-order chi connectivity index (χ1) is 9.93. The normalized spacial score (nSPS) is 19.1. The molecule has 4 amide bonds. The van der Waals surface area contributed by atoms with Crippen molar-refractivity contribution >= 4 is 17.8 Å². The van der Waals surface area contributed by atoms with Crippen molar-refractivity contribution in [3.63, 3.8) is 0 Å². The highest BCUT2D eigenvalue weighted by molar-refractivity contribution is 5.95. The zero-order chi connectivity index (χ0) is 15.8. The smallest absolute Gasteiger partial charge is 0.321 e. The molecular formula is C13H25N5O3. The minimum atomic E-state index is -0.500. The Hall–Kier alpha value is -1.67. The Morgan fingerprint density at radius 2 is 2.05 bits per heavy atom. The molecule has 21 heavy (non-hydrogen) atoms. The summed E-state index contributed by atoms with van der Waals surface area (Å²) in [4.78, 5) is 36.9. The Kier molecular flexibility index (Phi) is 7.10. The van der Waals surface area contributed by atoms with Crippen molar-refractivity contribution in [1.29, 1.82) is 0 Å². The van der Waals surface area contributed by atoms with Crippen molar-refractivity contribution in [3.8, 4) is 0 Å². The topological polar surface area (TPSA) is 103 Å². The number of nitrogens with one attached hydrogen (secondary N) is 4. The monoisotopic (exact) mass is 299 g/mol. The average Bonchev–Trinajstić information content (AvgIpc) is 2.44. The summed E-state index contributed by atoms with van der Waals surface area (Å²) >= 11 is 0. The summed E-state index contributed by atoms with van der Waals surface area (Å²) < 4.78 is 0. The van der Waals surface area contributed by atoms with E-state index in [-0.39, 0.29) is 12.5 Å². The largest absolute Gasteiger partial charge is 0.358 e. The van der Waals surface area contributed by atoms with Gasteiger partial charge in [0.25, 0.3) is 0 Å². The molecule has 8 heteroatoms. The predicted molar refractivity (Wildman–Crippen MR) is 78.7 cm³/mol. The fraction of sp³-hybridized carbons (Fsp3) is 0.769. The number of carbonyl (C=O) groups is 3. The van der Waals surface area contributed by atoms with E-state index >= 15 is 0 Å². The first-order valence-corrected chi connectivity index (χ1v) is 7.18. The molecule has 1 rings (SSSR count). The van der Waals surface area contributed by atoms with Gasteiger partial charge >= 0.3 is 6.03 Å². The Bertz CT molecular complexity index is 386. The zero-order valence-corrected chi connectivity index (χ0v) is 12.9.